The molecular weight excluding hydrogens is 306 g/mol. The predicted molar refractivity (Wildman–Crippen MR) is 87.2 cm³/mol. The lowest BCUT2D eigenvalue weighted by Crippen LogP contribution is -2.01. The van der Waals surface area contributed by atoms with E-state index in [1.165, 1.54) is 4.88 Å². The molecule has 0 atom stereocenters. The molecule has 6 heteroatoms. The number of hydrogen-bond donors (Lipinski definition) is 2. The second-order valence-electron chi connectivity index (χ2n) is 4.45. The minimum Gasteiger partial charge on any atom is -0.495 e. The summed E-state index contributed by atoms with van der Waals surface area (Å²) in [6.07, 6.45) is 1.83. The van der Waals surface area contributed by atoms with Gasteiger partial charge in [0.25, 0.3) is 0 Å². The van der Waals surface area contributed by atoms with E-state index >= 15 is 0 Å². The highest BCUT2D eigenvalue weighted by atomic mass is 35.5. The lowest BCUT2D eigenvalue weighted by atomic mass is 10.2. The summed E-state index contributed by atoms with van der Waals surface area (Å²) >= 11 is 7.72. The van der Waals surface area contributed by atoms with Crippen LogP contribution in [-0.4, -0.2) is 17.3 Å². The Hall–Kier alpha value is -1.98. The lowest BCUT2D eigenvalue weighted by Gasteiger charge is -2.11. The van der Waals surface area contributed by atoms with Crippen LogP contribution in [0.15, 0.2) is 41.9 Å². The number of anilines is 1. The van der Waals surface area contributed by atoms with E-state index in [1.807, 2.05) is 29.8 Å². The lowest BCUT2D eigenvalue weighted by molar-refractivity contribution is 0.416. The number of benzene rings is 1. The predicted octanol–water partition coefficient (Wildman–Crippen LogP) is 4.41. The zero-order valence-electron chi connectivity index (χ0n) is 11.4. The van der Waals surface area contributed by atoms with Gasteiger partial charge in [-0.05, 0) is 29.6 Å². The van der Waals surface area contributed by atoms with Crippen LogP contribution in [0.4, 0.5) is 5.69 Å². The summed E-state index contributed by atoms with van der Waals surface area (Å²) in [6.45, 7) is 0.639. The molecule has 4 nitrogen and oxygen atoms in total. The summed E-state index contributed by atoms with van der Waals surface area (Å²) < 4.78 is 5.33. The number of aromatic nitrogens is 2. The quantitative estimate of drug-likeness (QED) is 0.732. The zero-order chi connectivity index (χ0) is 14.7. The number of methoxy groups -OCH3 is 1. The van der Waals surface area contributed by atoms with E-state index < -0.39 is 0 Å². The largest absolute Gasteiger partial charge is 0.495 e. The van der Waals surface area contributed by atoms with Crippen molar-refractivity contribution < 1.29 is 4.74 Å². The first-order chi connectivity index (χ1) is 10.3. The molecule has 0 fully saturated rings. The molecule has 0 aliphatic heterocycles. The van der Waals surface area contributed by atoms with E-state index in [4.69, 9.17) is 16.3 Å². The van der Waals surface area contributed by atoms with Crippen LogP contribution in [0.25, 0.3) is 10.6 Å². The van der Waals surface area contributed by atoms with Gasteiger partial charge in [-0.1, -0.05) is 17.7 Å². The van der Waals surface area contributed by atoms with Gasteiger partial charge in [0.1, 0.15) is 5.75 Å². The van der Waals surface area contributed by atoms with Crippen molar-refractivity contribution in [2.45, 2.75) is 6.54 Å². The number of H-pyrrole nitrogens is 1. The van der Waals surface area contributed by atoms with Crippen molar-refractivity contribution in [2.24, 2.45) is 0 Å². The molecule has 0 aliphatic carbocycles. The number of hydrogen-bond acceptors (Lipinski definition) is 4. The van der Waals surface area contributed by atoms with Crippen molar-refractivity contribution >= 4 is 28.6 Å². The Kier molecular flexibility index (Phi) is 4.13. The molecule has 0 bridgehead atoms. The number of halogens is 1. The maximum absolute atomic E-state index is 6.03. The molecule has 2 heterocycles. The molecule has 3 aromatic rings. The van der Waals surface area contributed by atoms with Crippen LogP contribution >= 0.6 is 22.9 Å². The minimum atomic E-state index is 0.639. The van der Waals surface area contributed by atoms with Crippen molar-refractivity contribution in [3.05, 3.63) is 52.5 Å². The van der Waals surface area contributed by atoms with Crippen molar-refractivity contribution in [3.8, 4) is 16.3 Å². The molecule has 108 valence electrons. The van der Waals surface area contributed by atoms with Crippen LogP contribution in [0.3, 0.4) is 0 Å². The van der Waals surface area contributed by atoms with Gasteiger partial charge in [-0.25, -0.2) is 0 Å². The maximum atomic E-state index is 6.03. The Morgan fingerprint density at radius 1 is 1.38 bits per heavy atom. The SMILES string of the molecule is COc1ccc(Cl)cc1NCc1cn[nH]c1-c1cccs1. The highest BCUT2D eigenvalue weighted by molar-refractivity contribution is 7.13. The van der Waals surface area contributed by atoms with E-state index in [-0.39, 0.29) is 0 Å². The Morgan fingerprint density at radius 3 is 3.05 bits per heavy atom. The normalized spacial score (nSPS) is 10.6. The molecule has 0 spiro atoms. The van der Waals surface area contributed by atoms with E-state index in [1.54, 1.807) is 24.5 Å². The third-order valence-corrected chi connectivity index (χ3v) is 4.24. The van der Waals surface area contributed by atoms with Crippen LogP contribution in [0.5, 0.6) is 5.75 Å². The van der Waals surface area contributed by atoms with E-state index in [0.29, 0.717) is 11.6 Å². The van der Waals surface area contributed by atoms with Crippen LogP contribution in [0.1, 0.15) is 5.56 Å². The van der Waals surface area contributed by atoms with Gasteiger partial charge in [-0.2, -0.15) is 5.10 Å². The summed E-state index contributed by atoms with van der Waals surface area (Å²) in [5.74, 6) is 0.764. The fraction of sp³-hybridized carbons (Fsp3) is 0.133. The highest BCUT2D eigenvalue weighted by Gasteiger charge is 2.10. The molecular formula is C15H14ClN3OS. The fourth-order valence-electron chi connectivity index (χ4n) is 2.09. The van der Waals surface area contributed by atoms with Gasteiger partial charge in [0.2, 0.25) is 0 Å². The average Bonchev–Trinajstić information content (AvgIpc) is 3.16. The Balaban J connectivity index is 1.80. The molecule has 0 unspecified atom stereocenters. The summed E-state index contributed by atoms with van der Waals surface area (Å²) in [5.41, 5.74) is 3.00. The minimum absolute atomic E-state index is 0.639. The van der Waals surface area contributed by atoms with Crippen molar-refractivity contribution in [1.29, 1.82) is 0 Å². The number of rotatable bonds is 5. The van der Waals surface area contributed by atoms with E-state index in [0.717, 1.165) is 22.7 Å². The van der Waals surface area contributed by atoms with Gasteiger partial charge in [-0.3, -0.25) is 5.10 Å². The summed E-state index contributed by atoms with van der Waals surface area (Å²) in [5, 5.41) is 13.2. The molecule has 0 saturated carbocycles. The molecule has 2 aromatic heterocycles. The second-order valence-corrected chi connectivity index (χ2v) is 5.83. The maximum Gasteiger partial charge on any atom is 0.142 e. The molecule has 0 saturated heterocycles. The van der Waals surface area contributed by atoms with Gasteiger partial charge >= 0.3 is 0 Å². The summed E-state index contributed by atoms with van der Waals surface area (Å²) in [4.78, 5) is 1.17. The Bertz CT molecular complexity index is 724. The number of nitrogens with zero attached hydrogens (tertiary/aromatic N) is 1. The number of nitrogens with one attached hydrogen (secondary N) is 2. The topological polar surface area (TPSA) is 49.9 Å². The van der Waals surface area contributed by atoms with Crippen LogP contribution in [-0.2, 0) is 6.54 Å². The third kappa shape index (κ3) is 3.04. The first-order valence-electron chi connectivity index (χ1n) is 6.41. The van der Waals surface area contributed by atoms with Crippen LogP contribution in [0, 0.1) is 0 Å². The van der Waals surface area contributed by atoms with E-state index in [2.05, 4.69) is 21.6 Å². The molecule has 0 amide bonds. The fourth-order valence-corrected chi connectivity index (χ4v) is 3.02. The molecule has 3 rings (SSSR count). The smallest absolute Gasteiger partial charge is 0.142 e. The van der Waals surface area contributed by atoms with Crippen molar-refractivity contribution in [3.63, 3.8) is 0 Å². The molecule has 21 heavy (non-hydrogen) atoms. The van der Waals surface area contributed by atoms with Gasteiger partial charge in [0.15, 0.2) is 0 Å². The molecule has 2 N–H and O–H groups in total. The Labute approximate surface area is 131 Å². The average molecular weight is 320 g/mol. The zero-order valence-corrected chi connectivity index (χ0v) is 13.0. The van der Waals surface area contributed by atoms with E-state index in [9.17, 15) is 0 Å². The third-order valence-electron chi connectivity index (χ3n) is 3.12. The Morgan fingerprint density at radius 2 is 2.29 bits per heavy atom. The first-order valence-corrected chi connectivity index (χ1v) is 7.67. The van der Waals surface area contributed by atoms with Gasteiger partial charge in [0, 0.05) is 17.1 Å². The van der Waals surface area contributed by atoms with Crippen LogP contribution in [0.2, 0.25) is 5.02 Å². The monoisotopic (exact) mass is 319 g/mol. The van der Waals surface area contributed by atoms with Crippen LogP contribution < -0.4 is 10.1 Å². The van der Waals surface area contributed by atoms with Gasteiger partial charge in [0.05, 0.1) is 29.6 Å². The molecule has 1 aromatic carbocycles. The molecule has 0 radical (unpaired) electrons. The number of thiophene rings is 1. The molecule has 0 aliphatic rings. The highest BCUT2D eigenvalue weighted by Crippen LogP contribution is 2.30. The van der Waals surface area contributed by atoms with Crippen molar-refractivity contribution in [2.75, 3.05) is 12.4 Å². The summed E-state index contributed by atoms with van der Waals surface area (Å²) in [7, 11) is 1.64. The second kappa shape index (κ2) is 6.20. The van der Waals surface area contributed by atoms with Gasteiger partial charge < -0.3 is 10.1 Å². The summed E-state index contributed by atoms with van der Waals surface area (Å²) in [6, 6.07) is 9.60. The standard InChI is InChI=1S/C15H14ClN3OS/c1-20-13-5-4-11(16)7-12(13)17-8-10-9-18-19-15(10)14-3-2-6-21-14/h2-7,9,17H,8H2,1H3,(H,18,19). The number of ether oxygens (including phenoxy) is 1. The number of aromatic amines is 1. The first kappa shape index (κ1) is 14.0. The van der Waals surface area contributed by atoms with Crippen molar-refractivity contribution in [1.82, 2.24) is 10.2 Å². The van der Waals surface area contributed by atoms with Gasteiger partial charge in [-0.15, -0.1) is 11.3 Å².